The van der Waals surface area contributed by atoms with Crippen LogP contribution in [0, 0.1) is 0 Å². The summed E-state index contributed by atoms with van der Waals surface area (Å²) in [6, 6.07) is 0. The molecule has 0 aromatic carbocycles. The number of aromatic nitrogens is 2. The first kappa shape index (κ1) is 6.54. The monoisotopic (exact) mass is 137 g/mol. The number of nitrogens with two attached hydrogens (primary N) is 1. The average Bonchev–Trinajstić information content (AvgIpc) is 1.88. The zero-order valence-electron chi connectivity index (χ0n) is 5.29. The first-order valence-corrected chi connectivity index (χ1v) is 2.70. The van der Waals surface area contributed by atoms with E-state index in [0.29, 0.717) is 0 Å². The minimum absolute atomic E-state index is 0.182. The van der Waals surface area contributed by atoms with E-state index in [2.05, 4.69) is 16.5 Å². The van der Waals surface area contributed by atoms with Crippen molar-refractivity contribution in [3.63, 3.8) is 0 Å². The Morgan fingerprint density at radius 3 is 2.90 bits per heavy atom. The summed E-state index contributed by atoms with van der Waals surface area (Å²) in [6.45, 7) is 3.38. The number of hydrogen-bond acceptors (Lipinski definition) is 3. The van der Waals surface area contributed by atoms with E-state index in [1.54, 1.807) is 0 Å². The molecule has 0 unspecified atom stereocenters. The van der Waals surface area contributed by atoms with Crippen LogP contribution in [0.5, 0.6) is 0 Å². The van der Waals surface area contributed by atoms with E-state index in [0.717, 1.165) is 0 Å². The lowest BCUT2D eigenvalue weighted by Gasteiger charge is -1.93. The van der Waals surface area contributed by atoms with E-state index in [9.17, 15) is 4.79 Å². The molecular formula is C6H7N3O. The number of aromatic amines is 1. The minimum atomic E-state index is -0.310. The van der Waals surface area contributed by atoms with Gasteiger partial charge in [-0.25, -0.2) is 4.98 Å². The number of hydrogen-bond donors (Lipinski definition) is 2. The molecule has 0 amide bonds. The van der Waals surface area contributed by atoms with Crippen molar-refractivity contribution in [1.29, 1.82) is 0 Å². The highest BCUT2D eigenvalue weighted by Gasteiger charge is 1.98. The van der Waals surface area contributed by atoms with Gasteiger partial charge in [-0.3, -0.25) is 4.79 Å². The van der Waals surface area contributed by atoms with Gasteiger partial charge >= 0.3 is 0 Å². The van der Waals surface area contributed by atoms with Crippen LogP contribution in [0.2, 0.25) is 0 Å². The van der Waals surface area contributed by atoms with Gasteiger partial charge in [-0.2, -0.15) is 0 Å². The van der Waals surface area contributed by atoms with Crippen molar-refractivity contribution in [2.75, 3.05) is 0 Å². The SMILES string of the molecule is C=C(N)c1ncc[nH]c1=O. The lowest BCUT2D eigenvalue weighted by Crippen LogP contribution is -2.15. The maximum absolute atomic E-state index is 10.8. The third kappa shape index (κ3) is 1.05. The molecule has 1 aromatic rings. The molecule has 1 aromatic heterocycles. The first-order chi connectivity index (χ1) is 4.72. The molecule has 4 heteroatoms. The quantitative estimate of drug-likeness (QED) is 0.558. The van der Waals surface area contributed by atoms with Gasteiger partial charge in [0.25, 0.3) is 5.56 Å². The summed E-state index contributed by atoms with van der Waals surface area (Å²) in [7, 11) is 0. The standard InChI is InChI=1S/C6H7N3O/c1-4(7)5-6(10)9-3-2-8-5/h2-3H,1,7H2,(H,9,10). The van der Waals surface area contributed by atoms with Crippen LogP contribution in [0.3, 0.4) is 0 Å². The Morgan fingerprint density at radius 1 is 1.80 bits per heavy atom. The molecule has 10 heavy (non-hydrogen) atoms. The fraction of sp³-hybridized carbons (Fsp3) is 0. The van der Waals surface area contributed by atoms with Gasteiger partial charge < -0.3 is 10.7 Å². The molecule has 0 fully saturated rings. The molecule has 0 aliphatic heterocycles. The van der Waals surface area contributed by atoms with E-state index in [4.69, 9.17) is 5.73 Å². The summed E-state index contributed by atoms with van der Waals surface area (Å²) >= 11 is 0. The molecule has 0 radical (unpaired) electrons. The third-order valence-corrected chi connectivity index (χ3v) is 1.01. The first-order valence-electron chi connectivity index (χ1n) is 2.70. The van der Waals surface area contributed by atoms with Gasteiger partial charge in [-0.1, -0.05) is 6.58 Å². The van der Waals surface area contributed by atoms with Gasteiger partial charge in [0.15, 0.2) is 5.69 Å². The molecule has 1 heterocycles. The fourth-order valence-electron chi connectivity index (χ4n) is 0.580. The third-order valence-electron chi connectivity index (χ3n) is 1.01. The van der Waals surface area contributed by atoms with E-state index in [-0.39, 0.29) is 17.0 Å². The number of H-pyrrole nitrogens is 1. The molecule has 3 N–H and O–H groups in total. The molecule has 52 valence electrons. The molecule has 0 saturated heterocycles. The van der Waals surface area contributed by atoms with Crippen molar-refractivity contribution in [1.82, 2.24) is 9.97 Å². The van der Waals surface area contributed by atoms with Gasteiger partial charge in [0.2, 0.25) is 0 Å². The summed E-state index contributed by atoms with van der Waals surface area (Å²) < 4.78 is 0. The van der Waals surface area contributed by atoms with Crippen molar-refractivity contribution in [2.45, 2.75) is 0 Å². The van der Waals surface area contributed by atoms with E-state index in [1.807, 2.05) is 0 Å². The van der Waals surface area contributed by atoms with Crippen LogP contribution in [0.1, 0.15) is 5.69 Å². The number of nitrogens with zero attached hydrogens (tertiary/aromatic N) is 1. The van der Waals surface area contributed by atoms with Gasteiger partial charge in [0, 0.05) is 12.4 Å². The molecule has 0 aliphatic rings. The summed E-state index contributed by atoms with van der Waals surface area (Å²) in [5.41, 5.74) is 5.29. The number of nitrogens with one attached hydrogen (secondary N) is 1. The van der Waals surface area contributed by atoms with Gasteiger partial charge in [-0.05, 0) is 0 Å². The Balaban J connectivity index is 3.29. The predicted molar refractivity (Wildman–Crippen MR) is 38.1 cm³/mol. The van der Waals surface area contributed by atoms with Crippen LogP contribution >= 0.6 is 0 Å². The molecule has 0 atom stereocenters. The highest BCUT2D eigenvalue weighted by Crippen LogP contribution is 1.90. The van der Waals surface area contributed by atoms with Crippen LogP contribution in [0.15, 0.2) is 23.8 Å². The lowest BCUT2D eigenvalue weighted by molar-refractivity contribution is 1.10. The van der Waals surface area contributed by atoms with Gasteiger partial charge in [-0.15, -0.1) is 0 Å². The summed E-state index contributed by atoms with van der Waals surface area (Å²) in [6.07, 6.45) is 2.89. The summed E-state index contributed by atoms with van der Waals surface area (Å²) in [4.78, 5) is 16.9. The van der Waals surface area contributed by atoms with E-state index >= 15 is 0 Å². The zero-order valence-corrected chi connectivity index (χ0v) is 5.29. The molecule has 0 aliphatic carbocycles. The van der Waals surface area contributed by atoms with E-state index < -0.39 is 0 Å². The normalized spacial score (nSPS) is 9.20. The summed E-state index contributed by atoms with van der Waals surface area (Å²) in [5, 5.41) is 0. The van der Waals surface area contributed by atoms with Crippen molar-refractivity contribution in [3.05, 3.63) is 35.0 Å². The fourth-order valence-corrected chi connectivity index (χ4v) is 0.580. The highest BCUT2D eigenvalue weighted by atomic mass is 16.1. The van der Waals surface area contributed by atoms with Gasteiger partial charge in [0.1, 0.15) is 0 Å². The van der Waals surface area contributed by atoms with Crippen LogP contribution < -0.4 is 11.3 Å². The molecular weight excluding hydrogens is 130 g/mol. The zero-order chi connectivity index (χ0) is 7.56. The maximum atomic E-state index is 10.8. The van der Waals surface area contributed by atoms with Crippen molar-refractivity contribution < 1.29 is 0 Å². The second-order valence-corrected chi connectivity index (χ2v) is 1.79. The second-order valence-electron chi connectivity index (χ2n) is 1.79. The van der Waals surface area contributed by atoms with Crippen LogP contribution in [0.4, 0.5) is 0 Å². The highest BCUT2D eigenvalue weighted by molar-refractivity contribution is 5.54. The van der Waals surface area contributed by atoms with Crippen LogP contribution in [0.25, 0.3) is 5.70 Å². The van der Waals surface area contributed by atoms with Crippen LogP contribution in [-0.2, 0) is 0 Å². The smallest absolute Gasteiger partial charge is 0.275 e. The number of rotatable bonds is 1. The molecule has 4 nitrogen and oxygen atoms in total. The predicted octanol–water partition coefficient (Wildman–Crippen LogP) is -0.301. The molecule has 0 bridgehead atoms. The van der Waals surface area contributed by atoms with Crippen LogP contribution in [-0.4, -0.2) is 9.97 Å². The topological polar surface area (TPSA) is 71.8 Å². The minimum Gasteiger partial charge on any atom is -0.397 e. The van der Waals surface area contributed by atoms with E-state index in [1.165, 1.54) is 12.4 Å². The largest absolute Gasteiger partial charge is 0.397 e. The maximum Gasteiger partial charge on any atom is 0.275 e. The Kier molecular flexibility index (Phi) is 1.53. The molecule has 1 rings (SSSR count). The van der Waals surface area contributed by atoms with Crippen molar-refractivity contribution >= 4 is 5.70 Å². The Morgan fingerprint density at radius 2 is 2.50 bits per heavy atom. The average molecular weight is 137 g/mol. The Bertz CT molecular complexity index is 302. The second kappa shape index (κ2) is 2.34. The van der Waals surface area contributed by atoms with Crippen molar-refractivity contribution in [3.8, 4) is 0 Å². The molecule has 0 spiro atoms. The van der Waals surface area contributed by atoms with Gasteiger partial charge in [0.05, 0.1) is 5.70 Å². The van der Waals surface area contributed by atoms with Crippen molar-refractivity contribution in [2.24, 2.45) is 5.73 Å². The summed E-state index contributed by atoms with van der Waals surface area (Å²) in [5.74, 6) is 0. The Labute approximate surface area is 57.4 Å². The molecule has 0 saturated carbocycles. The lowest BCUT2D eigenvalue weighted by atomic mass is 10.4. The Hall–Kier alpha value is -1.58.